The van der Waals surface area contributed by atoms with E-state index >= 15 is 0 Å². The number of nitrogens with two attached hydrogens (primary N) is 1. The summed E-state index contributed by atoms with van der Waals surface area (Å²) >= 11 is 0. The molecule has 0 atom stereocenters. The summed E-state index contributed by atoms with van der Waals surface area (Å²) in [5.41, 5.74) is -0.260. The molecule has 12 heteroatoms. The first kappa shape index (κ1) is 17.3. The van der Waals surface area contributed by atoms with E-state index in [2.05, 4.69) is 5.32 Å². The van der Waals surface area contributed by atoms with E-state index in [0.29, 0.717) is 5.69 Å². The van der Waals surface area contributed by atoms with Crippen LogP contribution in [0.4, 0.5) is 11.4 Å². The highest BCUT2D eigenvalue weighted by molar-refractivity contribution is 7.90. The molecule has 4 N–H and O–H groups in total. The Hall–Kier alpha value is -1.76. The van der Waals surface area contributed by atoms with Crippen LogP contribution in [0.5, 0.6) is 0 Å². The minimum absolute atomic E-state index is 0.354. The molecule has 0 amide bonds. The van der Waals surface area contributed by atoms with Crippen LogP contribution < -0.4 is 15.2 Å². The third-order valence-electron chi connectivity index (χ3n) is 2.41. The molecule has 0 radical (unpaired) electrons. The number of primary sulfonamides is 1. The standard InChI is InChI=1S/C9H14N4O6S2/c1-11-7-2-3-8(13(14)15)9(6-7)21(18,19)12-4-5-20(10,16)17/h2-3,6,11-12H,4-5H2,1H3,(H2,10,16,17). The van der Waals surface area contributed by atoms with E-state index in [1.807, 2.05) is 4.72 Å². The third-order valence-corrected chi connectivity index (χ3v) is 4.68. The summed E-state index contributed by atoms with van der Waals surface area (Å²) < 4.78 is 47.5. The van der Waals surface area contributed by atoms with Crippen LogP contribution in [0.3, 0.4) is 0 Å². The molecule has 0 bridgehead atoms. The van der Waals surface area contributed by atoms with Crippen molar-refractivity contribution in [2.75, 3.05) is 24.7 Å². The first-order valence-corrected chi connectivity index (χ1v) is 8.73. The summed E-state index contributed by atoms with van der Waals surface area (Å²) in [6.07, 6.45) is 0. The number of anilines is 1. The number of nitrogens with one attached hydrogen (secondary N) is 2. The van der Waals surface area contributed by atoms with E-state index < -0.39 is 47.9 Å². The molecule has 0 saturated carbocycles. The summed E-state index contributed by atoms with van der Waals surface area (Å²) in [5, 5.41) is 18.3. The summed E-state index contributed by atoms with van der Waals surface area (Å²) in [6.45, 7) is -0.484. The molecule has 1 aromatic rings. The minimum atomic E-state index is -4.24. The molecule has 0 aliphatic rings. The molecule has 0 heterocycles. The molecule has 0 aliphatic heterocycles. The van der Waals surface area contributed by atoms with Crippen molar-refractivity contribution in [2.45, 2.75) is 4.90 Å². The molecule has 0 saturated heterocycles. The topological polar surface area (TPSA) is 162 Å². The second kappa shape index (κ2) is 6.34. The van der Waals surface area contributed by atoms with Crippen LogP contribution in [-0.2, 0) is 20.0 Å². The zero-order valence-electron chi connectivity index (χ0n) is 10.9. The van der Waals surface area contributed by atoms with Gasteiger partial charge in [0.15, 0.2) is 4.90 Å². The highest BCUT2D eigenvalue weighted by atomic mass is 32.2. The average molecular weight is 338 g/mol. The van der Waals surface area contributed by atoms with Crippen molar-refractivity contribution in [3.8, 4) is 0 Å². The van der Waals surface area contributed by atoms with Gasteiger partial charge in [-0.25, -0.2) is 26.7 Å². The van der Waals surface area contributed by atoms with Crippen LogP contribution in [0.2, 0.25) is 0 Å². The van der Waals surface area contributed by atoms with Gasteiger partial charge in [0, 0.05) is 25.3 Å². The Morgan fingerprint density at radius 2 is 1.90 bits per heavy atom. The lowest BCUT2D eigenvalue weighted by Crippen LogP contribution is -2.31. The molecule has 0 unspecified atom stereocenters. The number of nitrogens with zero attached hydrogens (tertiary/aromatic N) is 1. The van der Waals surface area contributed by atoms with Crippen LogP contribution in [0, 0.1) is 10.1 Å². The summed E-state index contributed by atoms with van der Waals surface area (Å²) in [6, 6.07) is 3.47. The Morgan fingerprint density at radius 1 is 1.29 bits per heavy atom. The van der Waals surface area contributed by atoms with Gasteiger partial charge in [-0.2, -0.15) is 0 Å². The quantitative estimate of drug-likeness (QED) is 0.433. The van der Waals surface area contributed by atoms with E-state index in [-0.39, 0.29) is 0 Å². The van der Waals surface area contributed by atoms with Crippen LogP contribution >= 0.6 is 0 Å². The number of hydrogen-bond donors (Lipinski definition) is 3. The average Bonchev–Trinajstić information content (AvgIpc) is 2.36. The first-order valence-electron chi connectivity index (χ1n) is 5.53. The number of sulfonamides is 2. The minimum Gasteiger partial charge on any atom is -0.388 e. The van der Waals surface area contributed by atoms with Crippen molar-refractivity contribution in [3.63, 3.8) is 0 Å². The zero-order chi connectivity index (χ0) is 16.3. The van der Waals surface area contributed by atoms with Crippen LogP contribution in [0.15, 0.2) is 23.1 Å². The van der Waals surface area contributed by atoms with E-state index in [1.54, 1.807) is 0 Å². The second-order valence-corrected chi connectivity index (χ2v) is 7.42. The molecule has 21 heavy (non-hydrogen) atoms. The maximum atomic E-state index is 12.0. The van der Waals surface area contributed by atoms with Gasteiger partial charge >= 0.3 is 0 Å². The zero-order valence-corrected chi connectivity index (χ0v) is 12.6. The molecule has 1 aromatic carbocycles. The van der Waals surface area contributed by atoms with Gasteiger partial charge in [0.25, 0.3) is 5.69 Å². The van der Waals surface area contributed by atoms with E-state index in [1.165, 1.54) is 13.1 Å². The number of nitro groups is 1. The molecule has 0 aliphatic carbocycles. The Labute approximate surface area is 121 Å². The molecular weight excluding hydrogens is 324 g/mol. The number of benzene rings is 1. The SMILES string of the molecule is CNc1ccc([N+](=O)[O-])c(S(=O)(=O)NCCS(N)(=O)=O)c1. The Bertz CT molecular complexity index is 744. The molecule has 118 valence electrons. The highest BCUT2D eigenvalue weighted by Gasteiger charge is 2.26. The maximum Gasteiger partial charge on any atom is 0.289 e. The van der Waals surface area contributed by atoms with Gasteiger partial charge in [-0.15, -0.1) is 0 Å². The van der Waals surface area contributed by atoms with Gasteiger partial charge in [0.1, 0.15) is 0 Å². The summed E-state index contributed by atoms with van der Waals surface area (Å²) in [5.74, 6) is -0.619. The maximum absolute atomic E-state index is 12.0. The number of rotatable bonds is 7. The lowest BCUT2D eigenvalue weighted by Gasteiger charge is -2.08. The molecule has 0 aromatic heterocycles. The fourth-order valence-electron chi connectivity index (χ4n) is 1.43. The first-order chi connectivity index (χ1) is 9.57. The third kappa shape index (κ3) is 4.93. The van der Waals surface area contributed by atoms with Crippen LogP contribution in [0.1, 0.15) is 0 Å². The highest BCUT2D eigenvalue weighted by Crippen LogP contribution is 2.26. The fraction of sp³-hybridized carbons (Fsp3) is 0.333. The van der Waals surface area contributed by atoms with Gasteiger partial charge < -0.3 is 5.32 Å². The summed E-state index contributed by atoms with van der Waals surface area (Å²) in [7, 11) is -6.56. The van der Waals surface area contributed by atoms with E-state index in [9.17, 15) is 26.9 Å². The molecular formula is C9H14N4O6S2. The van der Waals surface area contributed by atoms with E-state index in [0.717, 1.165) is 12.1 Å². The van der Waals surface area contributed by atoms with Gasteiger partial charge in [0.2, 0.25) is 20.0 Å². The normalized spacial score (nSPS) is 12.1. The Morgan fingerprint density at radius 3 is 2.38 bits per heavy atom. The van der Waals surface area contributed by atoms with Crippen molar-refractivity contribution in [1.82, 2.24) is 4.72 Å². The van der Waals surface area contributed by atoms with E-state index in [4.69, 9.17) is 5.14 Å². The lowest BCUT2D eigenvalue weighted by atomic mass is 10.3. The fourth-order valence-corrected chi connectivity index (χ4v) is 3.17. The van der Waals surface area contributed by atoms with Gasteiger partial charge in [-0.1, -0.05) is 0 Å². The second-order valence-electron chi connectivity index (χ2n) is 3.95. The van der Waals surface area contributed by atoms with Crippen molar-refractivity contribution in [3.05, 3.63) is 28.3 Å². The monoisotopic (exact) mass is 338 g/mol. The molecule has 0 spiro atoms. The predicted octanol–water partition coefficient (Wildman–Crippen LogP) is -0.797. The Balaban J connectivity index is 3.14. The van der Waals surface area contributed by atoms with Crippen molar-refractivity contribution < 1.29 is 21.8 Å². The molecule has 10 nitrogen and oxygen atoms in total. The number of nitro benzene ring substituents is 1. The van der Waals surface area contributed by atoms with Gasteiger partial charge in [-0.3, -0.25) is 10.1 Å². The van der Waals surface area contributed by atoms with Crippen LogP contribution in [0.25, 0.3) is 0 Å². The predicted molar refractivity (Wildman–Crippen MR) is 75.8 cm³/mol. The van der Waals surface area contributed by atoms with Crippen molar-refractivity contribution >= 4 is 31.4 Å². The lowest BCUT2D eigenvalue weighted by molar-refractivity contribution is -0.387. The van der Waals surface area contributed by atoms with Gasteiger partial charge in [0.05, 0.1) is 10.7 Å². The number of hydrogen-bond acceptors (Lipinski definition) is 7. The van der Waals surface area contributed by atoms with Crippen LogP contribution in [-0.4, -0.2) is 41.1 Å². The Kier molecular flexibility index (Phi) is 5.22. The molecule has 0 fully saturated rings. The largest absolute Gasteiger partial charge is 0.388 e. The van der Waals surface area contributed by atoms with Gasteiger partial charge in [-0.05, 0) is 12.1 Å². The van der Waals surface area contributed by atoms with Crippen molar-refractivity contribution in [2.24, 2.45) is 5.14 Å². The smallest absolute Gasteiger partial charge is 0.289 e. The van der Waals surface area contributed by atoms with Crippen molar-refractivity contribution in [1.29, 1.82) is 0 Å². The summed E-state index contributed by atoms with van der Waals surface area (Å²) in [4.78, 5) is 9.48. The molecule has 1 rings (SSSR count).